The number of rotatable bonds is 4. The molecule has 1 aliphatic heterocycles. The van der Waals surface area contributed by atoms with Crippen LogP contribution < -0.4 is 5.32 Å². The van der Waals surface area contributed by atoms with Crippen LogP contribution in [0.25, 0.3) is 10.8 Å². The summed E-state index contributed by atoms with van der Waals surface area (Å²) >= 11 is 0. The molecule has 1 aromatic carbocycles. The van der Waals surface area contributed by atoms with E-state index >= 15 is 0 Å². The Morgan fingerprint density at radius 1 is 0.917 bits per heavy atom. The second-order valence-electron chi connectivity index (χ2n) is 6.49. The predicted molar refractivity (Wildman–Crippen MR) is 97.9 cm³/mol. The second-order valence-corrected chi connectivity index (χ2v) is 6.49. The van der Waals surface area contributed by atoms with Gasteiger partial charge < -0.3 is 5.32 Å². The van der Waals surface area contributed by atoms with Crippen molar-refractivity contribution in [1.82, 2.24) is 14.9 Å². The van der Waals surface area contributed by atoms with Gasteiger partial charge >= 0.3 is 0 Å². The maximum Gasteiger partial charge on any atom is 0.0348 e. The summed E-state index contributed by atoms with van der Waals surface area (Å²) < 4.78 is 0. The van der Waals surface area contributed by atoms with Crippen LogP contribution in [0.2, 0.25) is 0 Å². The van der Waals surface area contributed by atoms with Gasteiger partial charge in [0.25, 0.3) is 0 Å². The van der Waals surface area contributed by atoms with E-state index in [1.165, 1.54) is 34.9 Å². The summed E-state index contributed by atoms with van der Waals surface area (Å²) in [5.74, 6) is 0. The zero-order chi connectivity index (χ0) is 16.2. The van der Waals surface area contributed by atoms with Gasteiger partial charge in [0.2, 0.25) is 0 Å². The van der Waals surface area contributed by atoms with E-state index in [1.807, 2.05) is 24.8 Å². The van der Waals surface area contributed by atoms with E-state index in [-0.39, 0.29) is 0 Å². The molecule has 1 N–H and O–H groups in total. The molecule has 4 heteroatoms. The molecule has 2 aromatic heterocycles. The van der Waals surface area contributed by atoms with Gasteiger partial charge in [-0.05, 0) is 54.1 Å². The Morgan fingerprint density at radius 2 is 1.71 bits per heavy atom. The monoisotopic (exact) mass is 318 g/mol. The molecule has 3 heterocycles. The molecule has 0 unspecified atom stereocenters. The smallest absolute Gasteiger partial charge is 0.0348 e. The molecule has 0 bridgehead atoms. The largest absolute Gasteiger partial charge is 0.382 e. The van der Waals surface area contributed by atoms with Crippen molar-refractivity contribution in [2.45, 2.75) is 25.4 Å². The Morgan fingerprint density at radius 3 is 2.54 bits per heavy atom. The van der Waals surface area contributed by atoms with Gasteiger partial charge in [0, 0.05) is 61.5 Å². The minimum absolute atomic E-state index is 0.554. The van der Waals surface area contributed by atoms with Crippen LogP contribution in [0.5, 0.6) is 0 Å². The second kappa shape index (κ2) is 6.97. The van der Waals surface area contributed by atoms with Gasteiger partial charge in [-0.1, -0.05) is 6.07 Å². The summed E-state index contributed by atoms with van der Waals surface area (Å²) in [7, 11) is 0. The van der Waals surface area contributed by atoms with Gasteiger partial charge in [0.1, 0.15) is 0 Å². The number of hydrogen-bond donors (Lipinski definition) is 1. The van der Waals surface area contributed by atoms with Gasteiger partial charge in [0.05, 0.1) is 0 Å². The molecular formula is C20H22N4. The molecule has 0 radical (unpaired) electrons. The van der Waals surface area contributed by atoms with Crippen molar-refractivity contribution >= 4 is 16.5 Å². The molecule has 122 valence electrons. The fraction of sp³-hybridized carbons (Fsp3) is 0.300. The maximum absolute atomic E-state index is 4.17. The van der Waals surface area contributed by atoms with E-state index < -0.39 is 0 Å². The summed E-state index contributed by atoms with van der Waals surface area (Å²) in [5.41, 5.74) is 2.56. The first kappa shape index (κ1) is 15.1. The van der Waals surface area contributed by atoms with E-state index in [4.69, 9.17) is 0 Å². The van der Waals surface area contributed by atoms with Crippen molar-refractivity contribution in [3.05, 3.63) is 66.7 Å². The highest BCUT2D eigenvalue weighted by Crippen LogP contribution is 2.22. The lowest BCUT2D eigenvalue weighted by molar-refractivity contribution is 0.211. The molecule has 0 spiro atoms. The highest BCUT2D eigenvalue weighted by atomic mass is 15.1. The van der Waals surface area contributed by atoms with Crippen LogP contribution >= 0.6 is 0 Å². The highest BCUT2D eigenvalue weighted by molar-refractivity contribution is 5.84. The minimum atomic E-state index is 0.554. The molecule has 4 nitrogen and oxygen atoms in total. The first-order valence-electron chi connectivity index (χ1n) is 8.58. The third-order valence-corrected chi connectivity index (χ3v) is 4.75. The zero-order valence-electron chi connectivity index (χ0n) is 13.7. The normalized spacial score (nSPS) is 16.3. The molecule has 1 fully saturated rings. The Bertz CT molecular complexity index is 795. The molecule has 0 atom stereocenters. The van der Waals surface area contributed by atoms with Gasteiger partial charge in [-0.25, -0.2) is 0 Å². The van der Waals surface area contributed by atoms with Crippen LogP contribution in [0, 0.1) is 0 Å². The van der Waals surface area contributed by atoms with E-state index in [0.29, 0.717) is 6.04 Å². The Balaban J connectivity index is 1.34. The van der Waals surface area contributed by atoms with Crippen LogP contribution in [0.1, 0.15) is 18.4 Å². The van der Waals surface area contributed by atoms with Gasteiger partial charge in [0.15, 0.2) is 0 Å². The summed E-state index contributed by atoms with van der Waals surface area (Å²) in [5, 5.41) is 6.13. The molecular weight excluding hydrogens is 296 g/mol. The number of nitrogens with zero attached hydrogens (tertiary/aromatic N) is 3. The van der Waals surface area contributed by atoms with Gasteiger partial charge in [-0.15, -0.1) is 0 Å². The van der Waals surface area contributed by atoms with Crippen molar-refractivity contribution in [2.75, 3.05) is 18.4 Å². The van der Waals surface area contributed by atoms with Crippen LogP contribution in [-0.2, 0) is 6.54 Å². The summed E-state index contributed by atoms with van der Waals surface area (Å²) in [6.07, 6.45) is 9.87. The fourth-order valence-corrected chi connectivity index (χ4v) is 3.39. The lowest BCUT2D eigenvalue weighted by Crippen LogP contribution is -2.38. The molecule has 1 saturated heterocycles. The van der Waals surface area contributed by atoms with Crippen molar-refractivity contribution in [2.24, 2.45) is 0 Å². The average molecular weight is 318 g/mol. The molecule has 0 aliphatic carbocycles. The number of aromatic nitrogens is 2. The van der Waals surface area contributed by atoms with Crippen LogP contribution in [-0.4, -0.2) is 34.0 Å². The third-order valence-electron chi connectivity index (χ3n) is 4.75. The number of likely N-dealkylation sites (tertiary alicyclic amines) is 1. The van der Waals surface area contributed by atoms with Crippen molar-refractivity contribution in [1.29, 1.82) is 0 Å². The number of hydrogen-bond acceptors (Lipinski definition) is 4. The first-order valence-corrected chi connectivity index (χ1v) is 8.58. The van der Waals surface area contributed by atoms with E-state index in [0.717, 1.165) is 19.6 Å². The Labute approximate surface area is 142 Å². The van der Waals surface area contributed by atoms with Gasteiger partial charge in [-0.2, -0.15) is 0 Å². The molecule has 3 aromatic rings. The highest BCUT2D eigenvalue weighted by Gasteiger charge is 2.19. The Hall–Kier alpha value is -2.46. The first-order chi connectivity index (χ1) is 11.9. The van der Waals surface area contributed by atoms with Crippen molar-refractivity contribution in [3.8, 4) is 0 Å². The Kier molecular flexibility index (Phi) is 4.38. The SMILES string of the molecule is c1cc(CN2CCC(Nc3ccc4cnccc4c3)CC2)ccn1. The fourth-order valence-electron chi connectivity index (χ4n) is 3.39. The minimum Gasteiger partial charge on any atom is -0.382 e. The van der Waals surface area contributed by atoms with Crippen LogP contribution in [0.15, 0.2) is 61.2 Å². The number of benzene rings is 1. The maximum atomic E-state index is 4.17. The molecule has 24 heavy (non-hydrogen) atoms. The topological polar surface area (TPSA) is 41.0 Å². The van der Waals surface area contributed by atoms with E-state index in [1.54, 1.807) is 0 Å². The van der Waals surface area contributed by atoms with E-state index in [9.17, 15) is 0 Å². The van der Waals surface area contributed by atoms with E-state index in [2.05, 4.69) is 56.6 Å². The lowest BCUT2D eigenvalue weighted by Gasteiger charge is -2.33. The number of piperidine rings is 1. The molecule has 4 rings (SSSR count). The molecule has 0 saturated carbocycles. The average Bonchev–Trinajstić information content (AvgIpc) is 2.64. The van der Waals surface area contributed by atoms with Crippen molar-refractivity contribution < 1.29 is 0 Å². The van der Waals surface area contributed by atoms with Crippen molar-refractivity contribution in [3.63, 3.8) is 0 Å². The molecule has 1 aliphatic rings. The number of nitrogens with one attached hydrogen (secondary N) is 1. The quantitative estimate of drug-likeness (QED) is 0.796. The van der Waals surface area contributed by atoms with Crippen LogP contribution in [0.3, 0.4) is 0 Å². The third kappa shape index (κ3) is 3.54. The lowest BCUT2D eigenvalue weighted by atomic mass is 10.0. The summed E-state index contributed by atoms with van der Waals surface area (Å²) in [6.45, 7) is 3.30. The van der Waals surface area contributed by atoms with Gasteiger partial charge in [-0.3, -0.25) is 14.9 Å². The zero-order valence-corrected chi connectivity index (χ0v) is 13.7. The standard InChI is InChI=1S/C20H22N4/c1-2-20(13-17-5-10-22-14-18(1)17)23-19-6-11-24(12-7-19)15-16-3-8-21-9-4-16/h1-5,8-10,13-14,19,23H,6-7,11-12,15H2. The number of anilines is 1. The summed E-state index contributed by atoms with van der Waals surface area (Å²) in [6, 6.07) is 13.4. The van der Waals surface area contributed by atoms with Crippen LogP contribution in [0.4, 0.5) is 5.69 Å². The summed E-state index contributed by atoms with van der Waals surface area (Å²) in [4.78, 5) is 10.8. The number of pyridine rings is 2. The predicted octanol–water partition coefficient (Wildman–Crippen LogP) is 3.71. The molecule has 0 amide bonds. The number of fused-ring (bicyclic) bond motifs is 1.